The van der Waals surface area contributed by atoms with Crippen LogP contribution in [0.3, 0.4) is 0 Å². The van der Waals surface area contributed by atoms with Crippen molar-refractivity contribution in [2.24, 2.45) is 0 Å². The van der Waals surface area contributed by atoms with Crippen molar-refractivity contribution in [1.82, 2.24) is 15.0 Å². The molecule has 0 spiro atoms. The van der Waals surface area contributed by atoms with Gasteiger partial charge in [-0.2, -0.15) is 15.0 Å². The Morgan fingerprint density at radius 2 is 1.48 bits per heavy atom. The third-order valence-corrected chi connectivity index (χ3v) is 3.72. The second kappa shape index (κ2) is 7.49. The van der Waals surface area contributed by atoms with E-state index in [-0.39, 0.29) is 6.04 Å². The Hall–Kier alpha value is -2.66. The number of halogens is 1. The highest BCUT2D eigenvalue weighted by Crippen LogP contribution is 2.22. The number of hydrogen-bond donors (Lipinski definition) is 2. The van der Waals surface area contributed by atoms with Gasteiger partial charge < -0.3 is 10.6 Å². The molecule has 6 heteroatoms. The van der Waals surface area contributed by atoms with Gasteiger partial charge in [0, 0.05) is 22.3 Å². The minimum absolute atomic E-state index is 0.219. The number of rotatable bonds is 5. The van der Waals surface area contributed by atoms with Gasteiger partial charge >= 0.3 is 0 Å². The number of nitrogens with one attached hydrogen (secondary N) is 2. The number of aryl methyl sites for hydroxylation is 1. The third kappa shape index (κ3) is 4.67. The lowest BCUT2D eigenvalue weighted by molar-refractivity contribution is 0.869. The van der Waals surface area contributed by atoms with E-state index in [1.165, 1.54) is 5.56 Å². The van der Waals surface area contributed by atoms with Gasteiger partial charge in [-0.3, -0.25) is 0 Å². The first-order chi connectivity index (χ1) is 12.0. The number of aromatic nitrogens is 3. The standard InChI is InChI=1S/C19H20ClN5/c1-12(2)21-18-23-17(14-6-4-13(3)5-7-14)24-19(25-18)22-16-10-8-15(20)9-11-16/h4-12H,1-3H3,(H2,21,22,23,24,25). The van der Waals surface area contributed by atoms with Crippen LogP contribution in [0.1, 0.15) is 19.4 Å². The van der Waals surface area contributed by atoms with E-state index >= 15 is 0 Å². The highest BCUT2D eigenvalue weighted by Gasteiger charge is 2.10. The Bertz CT molecular complexity index is 845. The van der Waals surface area contributed by atoms with Crippen molar-refractivity contribution in [3.8, 4) is 11.4 Å². The zero-order valence-corrected chi connectivity index (χ0v) is 15.2. The molecular formula is C19H20ClN5. The van der Waals surface area contributed by atoms with Crippen LogP contribution in [0.2, 0.25) is 5.02 Å². The van der Waals surface area contributed by atoms with E-state index in [1.54, 1.807) is 0 Å². The van der Waals surface area contributed by atoms with E-state index in [4.69, 9.17) is 11.6 Å². The number of nitrogens with zero attached hydrogens (tertiary/aromatic N) is 3. The van der Waals surface area contributed by atoms with Crippen molar-refractivity contribution in [2.75, 3.05) is 10.6 Å². The number of anilines is 3. The Kier molecular flexibility index (Phi) is 5.14. The molecule has 0 aliphatic rings. The largest absolute Gasteiger partial charge is 0.352 e. The van der Waals surface area contributed by atoms with Gasteiger partial charge in [0.15, 0.2) is 5.82 Å². The second-order valence-electron chi connectivity index (χ2n) is 6.10. The Morgan fingerprint density at radius 3 is 2.12 bits per heavy atom. The molecule has 0 fully saturated rings. The maximum Gasteiger partial charge on any atom is 0.232 e. The van der Waals surface area contributed by atoms with Crippen LogP contribution >= 0.6 is 11.6 Å². The van der Waals surface area contributed by atoms with Gasteiger partial charge in [0.1, 0.15) is 0 Å². The summed E-state index contributed by atoms with van der Waals surface area (Å²) in [5.41, 5.74) is 3.00. The van der Waals surface area contributed by atoms with Crippen LogP contribution in [0.4, 0.5) is 17.6 Å². The van der Waals surface area contributed by atoms with Gasteiger partial charge in [-0.05, 0) is 45.0 Å². The van der Waals surface area contributed by atoms with Crippen LogP contribution in [0.25, 0.3) is 11.4 Å². The predicted octanol–water partition coefficient (Wildman–Crippen LogP) is 5.06. The Morgan fingerprint density at radius 1 is 0.840 bits per heavy atom. The minimum atomic E-state index is 0.219. The summed E-state index contributed by atoms with van der Waals surface area (Å²) >= 11 is 5.94. The molecule has 0 unspecified atom stereocenters. The van der Waals surface area contributed by atoms with Crippen molar-refractivity contribution >= 4 is 29.2 Å². The lowest BCUT2D eigenvalue weighted by atomic mass is 10.1. The molecule has 5 nitrogen and oxygen atoms in total. The molecule has 0 aliphatic heterocycles. The molecule has 0 aliphatic carbocycles. The summed E-state index contributed by atoms with van der Waals surface area (Å²) in [6, 6.07) is 15.7. The summed E-state index contributed by atoms with van der Waals surface area (Å²) in [6.45, 7) is 6.14. The van der Waals surface area contributed by atoms with Crippen LogP contribution in [0, 0.1) is 6.92 Å². The van der Waals surface area contributed by atoms with E-state index in [2.05, 4.69) is 32.5 Å². The molecule has 0 bridgehead atoms. The lowest BCUT2D eigenvalue weighted by Crippen LogP contribution is -2.14. The molecule has 0 radical (unpaired) electrons. The second-order valence-corrected chi connectivity index (χ2v) is 6.54. The molecular weight excluding hydrogens is 334 g/mol. The van der Waals surface area contributed by atoms with Gasteiger partial charge in [-0.15, -0.1) is 0 Å². The minimum Gasteiger partial charge on any atom is -0.352 e. The fourth-order valence-corrected chi connectivity index (χ4v) is 2.37. The summed E-state index contributed by atoms with van der Waals surface area (Å²) in [5, 5.41) is 7.13. The molecule has 3 rings (SSSR count). The van der Waals surface area contributed by atoms with E-state index in [0.717, 1.165) is 11.3 Å². The zero-order valence-electron chi connectivity index (χ0n) is 14.4. The van der Waals surface area contributed by atoms with Crippen molar-refractivity contribution < 1.29 is 0 Å². The van der Waals surface area contributed by atoms with Gasteiger partial charge in [0.25, 0.3) is 0 Å². The van der Waals surface area contributed by atoms with Gasteiger partial charge in [-0.25, -0.2) is 0 Å². The topological polar surface area (TPSA) is 62.7 Å². The number of hydrogen-bond acceptors (Lipinski definition) is 5. The molecule has 0 saturated heterocycles. The molecule has 0 saturated carbocycles. The van der Waals surface area contributed by atoms with Crippen LogP contribution in [-0.4, -0.2) is 21.0 Å². The third-order valence-electron chi connectivity index (χ3n) is 3.46. The van der Waals surface area contributed by atoms with E-state index in [0.29, 0.717) is 22.7 Å². The first kappa shape index (κ1) is 17.2. The molecule has 1 aromatic heterocycles. The molecule has 2 aromatic carbocycles. The average molecular weight is 354 g/mol. The maximum absolute atomic E-state index is 5.94. The normalized spacial score (nSPS) is 10.8. The smallest absolute Gasteiger partial charge is 0.232 e. The fraction of sp³-hybridized carbons (Fsp3) is 0.211. The van der Waals surface area contributed by atoms with Gasteiger partial charge in [-0.1, -0.05) is 41.4 Å². The molecule has 0 atom stereocenters. The quantitative estimate of drug-likeness (QED) is 0.671. The van der Waals surface area contributed by atoms with Gasteiger partial charge in [0.05, 0.1) is 0 Å². The first-order valence-electron chi connectivity index (χ1n) is 8.12. The van der Waals surface area contributed by atoms with E-state index < -0.39 is 0 Å². The van der Waals surface area contributed by atoms with E-state index in [9.17, 15) is 0 Å². The summed E-state index contributed by atoms with van der Waals surface area (Å²) in [7, 11) is 0. The highest BCUT2D eigenvalue weighted by molar-refractivity contribution is 6.30. The maximum atomic E-state index is 5.94. The van der Waals surface area contributed by atoms with Crippen molar-refractivity contribution in [1.29, 1.82) is 0 Å². The summed E-state index contributed by atoms with van der Waals surface area (Å²) < 4.78 is 0. The van der Waals surface area contributed by atoms with Crippen molar-refractivity contribution in [2.45, 2.75) is 26.8 Å². The monoisotopic (exact) mass is 353 g/mol. The van der Waals surface area contributed by atoms with Crippen molar-refractivity contribution in [3.63, 3.8) is 0 Å². The predicted molar refractivity (Wildman–Crippen MR) is 103 cm³/mol. The van der Waals surface area contributed by atoms with Crippen LogP contribution in [-0.2, 0) is 0 Å². The molecule has 3 aromatic rings. The molecule has 2 N–H and O–H groups in total. The van der Waals surface area contributed by atoms with Gasteiger partial charge in [0.2, 0.25) is 11.9 Å². The zero-order chi connectivity index (χ0) is 17.8. The Labute approximate surface area is 152 Å². The highest BCUT2D eigenvalue weighted by atomic mass is 35.5. The Balaban J connectivity index is 1.97. The average Bonchev–Trinajstić information content (AvgIpc) is 2.57. The SMILES string of the molecule is Cc1ccc(-c2nc(Nc3ccc(Cl)cc3)nc(NC(C)C)n2)cc1. The molecule has 1 heterocycles. The summed E-state index contributed by atoms with van der Waals surface area (Å²) in [6.07, 6.45) is 0. The van der Waals surface area contributed by atoms with Crippen LogP contribution < -0.4 is 10.6 Å². The molecule has 0 amide bonds. The number of benzene rings is 2. The van der Waals surface area contributed by atoms with Crippen LogP contribution in [0.5, 0.6) is 0 Å². The first-order valence-corrected chi connectivity index (χ1v) is 8.49. The summed E-state index contributed by atoms with van der Waals surface area (Å²) in [4.78, 5) is 13.5. The van der Waals surface area contributed by atoms with Crippen LogP contribution in [0.15, 0.2) is 48.5 Å². The lowest BCUT2D eigenvalue weighted by Gasteiger charge is -2.12. The van der Waals surface area contributed by atoms with Crippen molar-refractivity contribution in [3.05, 3.63) is 59.1 Å². The fourth-order valence-electron chi connectivity index (χ4n) is 2.25. The molecule has 128 valence electrons. The summed E-state index contributed by atoms with van der Waals surface area (Å²) in [5.74, 6) is 1.64. The molecule has 25 heavy (non-hydrogen) atoms. The van der Waals surface area contributed by atoms with E-state index in [1.807, 2.05) is 62.4 Å².